The van der Waals surface area contributed by atoms with E-state index in [9.17, 15) is 0 Å². The molecule has 2 saturated heterocycles. The van der Waals surface area contributed by atoms with Crippen molar-refractivity contribution < 1.29 is 4.74 Å². The van der Waals surface area contributed by atoms with Crippen LogP contribution >= 0.6 is 24.0 Å². The van der Waals surface area contributed by atoms with Crippen molar-refractivity contribution in [2.24, 2.45) is 16.3 Å². The van der Waals surface area contributed by atoms with Gasteiger partial charge in [-0.2, -0.15) is 0 Å². The smallest absolute Gasteiger partial charge is 0.225 e. The monoisotopic (exact) mass is 498 g/mol. The first kappa shape index (κ1) is 20.1. The Hall–Kier alpha value is -1.16. The third-order valence-electron chi connectivity index (χ3n) is 7.04. The number of guanidine groups is 1. The van der Waals surface area contributed by atoms with Crippen LogP contribution in [0.2, 0.25) is 0 Å². The van der Waals surface area contributed by atoms with Crippen molar-refractivity contribution in [2.45, 2.75) is 44.8 Å². The van der Waals surface area contributed by atoms with Gasteiger partial charge in [-0.15, -0.1) is 24.0 Å². The number of hydrogen-bond donors (Lipinski definition) is 1. The molecule has 4 fully saturated rings. The third kappa shape index (κ3) is 3.26. The molecule has 7 nitrogen and oxygen atoms in total. The number of nitrogens with zero attached hydrogens (tertiary/aromatic N) is 5. The zero-order valence-corrected chi connectivity index (χ0v) is 18.9. The number of hydrogen-bond acceptors (Lipinski definition) is 5. The van der Waals surface area contributed by atoms with E-state index in [4.69, 9.17) is 9.73 Å². The second-order valence-corrected chi connectivity index (χ2v) is 8.27. The fraction of sp³-hybridized carbons (Fsp3) is 0.750. The highest BCUT2D eigenvalue weighted by molar-refractivity contribution is 14.0. The van der Waals surface area contributed by atoms with Crippen LogP contribution in [0.3, 0.4) is 0 Å². The first-order chi connectivity index (χ1) is 13.3. The van der Waals surface area contributed by atoms with Crippen molar-refractivity contribution in [1.29, 1.82) is 0 Å². The second kappa shape index (κ2) is 8.30. The molecular formula is C20H31IN6O. The normalized spacial score (nSPS) is 30.9. The van der Waals surface area contributed by atoms with E-state index >= 15 is 0 Å². The Kier molecular flexibility index (Phi) is 5.96. The zero-order valence-electron chi connectivity index (χ0n) is 16.6. The summed E-state index contributed by atoms with van der Waals surface area (Å²) in [5, 5.41) is 3.89. The fourth-order valence-electron chi connectivity index (χ4n) is 5.55. The molecule has 0 aromatic carbocycles. The molecule has 154 valence electrons. The van der Waals surface area contributed by atoms with Gasteiger partial charge in [0.05, 0.1) is 6.10 Å². The predicted molar refractivity (Wildman–Crippen MR) is 120 cm³/mol. The summed E-state index contributed by atoms with van der Waals surface area (Å²) in [7, 11) is 0. The molecule has 8 heteroatoms. The summed E-state index contributed by atoms with van der Waals surface area (Å²) in [5.41, 5.74) is 0.384. The molecule has 3 unspecified atom stereocenters. The zero-order chi connectivity index (χ0) is 18.3. The molecule has 2 saturated carbocycles. The lowest BCUT2D eigenvalue weighted by atomic mass is 9.46. The van der Waals surface area contributed by atoms with Crippen LogP contribution in [0, 0.1) is 11.3 Å². The molecule has 5 rings (SSSR count). The van der Waals surface area contributed by atoms with Crippen LogP contribution in [-0.4, -0.2) is 72.3 Å². The minimum atomic E-state index is 0. The largest absolute Gasteiger partial charge is 0.377 e. The van der Waals surface area contributed by atoms with E-state index in [1.807, 2.05) is 18.5 Å². The highest BCUT2D eigenvalue weighted by atomic mass is 127. The lowest BCUT2D eigenvalue weighted by Crippen LogP contribution is -2.73. The standard InChI is InChI=1S/C20H30N6O.HI/c1-2-21-19(24-16-15-5-14-27-17(15)20(16)6-3-7-20)26-12-10-25(11-13-26)18-22-8-4-9-23-18;/h4,8-9,15-17H,2-3,5-7,10-14H2,1H3,(H,21,24);1H. The van der Waals surface area contributed by atoms with Crippen LogP contribution in [-0.2, 0) is 4.74 Å². The molecule has 2 aliphatic carbocycles. The molecule has 4 aliphatic rings. The van der Waals surface area contributed by atoms with Crippen LogP contribution in [0.1, 0.15) is 32.6 Å². The minimum Gasteiger partial charge on any atom is -0.377 e. The lowest BCUT2D eigenvalue weighted by molar-refractivity contribution is -0.171. The molecule has 3 heterocycles. The molecule has 28 heavy (non-hydrogen) atoms. The maximum Gasteiger partial charge on any atom is 0.225 e. The van der Waals surface area contributed by atoms with Gasteiger partial charge in [-0.05, 0) is 32.3 Å². The van der Waals surface area contributed by atoms with Crippen LogP contribution in [0.5, 0.6) is 0 Å². The molecule has 2 aliphatic heterocycles. The molecule has 0 amide bonds. The predicted octanol–water partition coefficient (Wildman–Crippen LogP) is 2.14. The third-order valence-corrected chi connectivity index (χ3v) is 7.04. The Labute approximate surface area is 184 Å². The number of nitrogens with one attached hydrogen (secondary N) is 1. The molecule has 3 atom stereocenters. The second-order valence-electron chi connectivity index (χ2n) is 8.27. The van der Waals surface area contributed by atoms with Crippen molar-refractivity contribution in [2.75, 3.05) is 44.2 Å². The van der Waals surface area contributed by atoms with E-state index in [-0.39, 0.29) is 24.0 Å². The summed E-state index contributed by atoms with van der Waals surface area (Å²) < 4.78 is 6.08. The Morgan fingerprint density at radius 3 is 2.64 bits per heavy atom. The van der Waals surface area contributed by atoms with E-state index in [1.165, 1.54) is 25.7 Å². The maximum absolute atomic E-state index is 6.08. The summed E-state index contributed by atoms with van der Waals surface area (Å²) in [5.74, 6) is 2.59. The first-order valence-electron chi connectivity index (χ1n) is 10.5. The van der Waals surface area contributed by atoms with Gasteiger partial charge >= 0.3 is 0 Å². The van der Waals surface area contributed by atoms with Gasteiger partial charge in [-0.3, -0.25) is 4.99 Å². The van der Waals surface area contributed by atoms with Crippen LogP contribution < -0.4 is 10.2 Å². The molecule has 0 radical (unpaired) electrons. The summed E-state index contributed by atoms with van der Waals surface area (Å²) in [6.45, 7) is 7.64. The van der Waals surface area contributed by atoms with Crippen LogP contribution in [0.15, 0.2) is 23.5 Å². The van der Waals surface area contributed by atoms with E-state index in [0.717, 1.165) is 51.2 Å². The van der Waals surface area contributed by atoms with Crippen LogP contribution in [0.4, 0.5) is 5.95 Å². The number of anilines is 1. The van der Waals surface area contributed by atoms with Crippen molar-refractivity contribution in [3.05, 3.63) is 18.5 Å². The molecule has 1 N–H and O–H groups in total. The highest BCUT2D eigenvalue weighted by Crippen LogP contribution is 2.62. The number of ether oxygens (including phenoxy) is 1. The van der Waals surface area contributed by atoms with Crippen molar-refractivity contribution >= 4 is 35.9 Å². The summed E-state index contributed by atoms with van der Waals surface area (Å²) in [6, 6.07) is 2.41. The van der Waals surface area contributed by atoms with Crippen molar-refractivity contribution in [3.8, 4) is 0 Å². The van der Waals surface area contributed by atoms with Crippen molar-refractivity contribution in [3.63, 3.8) is 0 Å². The van der Waals surface area contributed by atoms with Gasteiger partial charge in [0.1, 0.15) is 0 Å². The average molecular weight is 498 g/mol. The highest BCUT2D eigenvalue weighted by Gasteiger charge is 2.66. The Bertz CT molecular complexity index is 689. The van der Waals surface area contributed by atoms with Gasteiger partial charge in [0.2, 0.25) is 5.95 Å². The molecule has 1 spiro atoms. The lowest BCUT2D eigenvalue weighted by Gasteiger charge is -2.63. The van der Waals surface area contributed by atoms with E-state index in [1.54, 1.807) is 0 Å². The Morgan fingerprint density at radius 2 is 2.00 bits per heavy atom. The SMILES string of the molecule is CCN=C(NC1C2CCOC2C12CCC2)N1CCN(c2ncccn2)CC1.I. The molecule has 1 aromatic heterocycles. The Morgan fingerprint density at radius 1 is 1.25 bits per heavy atom. The Balaban J connectivity index is 0.00000192. The van der Waals surface area contributed by atoms with Gasteiger partial charge in [-0.1, -0.05) is 6.42 Å². The van der Waals surface area contributed by atoms with Crippen LogP contribution in [0.25, 0.3) is 0 Å². The summed E-state index contributed by atoms with van der Waals surface area (Å²) in [4.78, 5) is 18.3. The minimum absolute atomic E-state index is 0. The van der Waals surface area contributed by atoms with Gasteiger partial charge in [0, 0.05) is 69.1 Å². The molecule has 0 bridgehead atoms. The maximum atomic E-state index is 6.08. The number of fused-ring (bicyclic) bond motifs is 2. The van der Waals surface area contributed by atoms with Gasteiger partial charge in [0.25, 0.3) is 0 Å². The van der Waals surface area contributed by atoms with E-state index in [2.05, 4.69) is 32.0 Å². The summed E-state index contributed by atoms with van der Waals surface area (Å²) in [6.07, 6.45) is 9.29. The summed E-state index contributed by atoms with van der Waals surface area (Å²) >= 11 is 0. The number of aliphatic imine (C=N–C) groups is 1. The molecular weight excluding hydrogens is 467 g/mol. The number of aromatic nitrogens is 2. The number of rotatable bonds is 3. The van der Waals surface area contributed by atoms with E-state index < -0.39 is 0 Å². The number of piperazine rings is 1. The molecule has 1 aromatic rings. The first-order valence-corrected chi connectivity index (χ1v) is 10.5. The fourth-order valence-corrected chi connectivity index (χ4v) is 5.55. The van der Waals surface area contributed by atoms with Crippen molar-refractivity contribution in [1.82, 2.24) is 20.2 Å². The average Bonchev–Trinajstić information content (AvgIpc) is 3.10. The number of halogens is 1. The quantitative estimate of drug-likeness (QED) is 0.392. The van der Waals surface area contributed by atoms with Gasteiger partial charge in [-0.25, -0.2) is 9.97 Å². The van der Waals surface area contributed by atoms with Gasteiger partial charge < -0.3 is 19.9 Å². The van der Waals surface area contributed by atoms with Gasteiger partial charge in [0.15, 0.2) is 5.96 Å². The topological polar surface area (TPSA) is 65.9 Å². The van der Waals surface area contributed by atoms with E-state index in [0.29, 0.717) is 23.5 Å².